The summed E-state index contributed by atoms with van der Waals surface area (Å²) in [6, 6.07) is 16.0. The number of nitrogens with one attached hydrogen (secondary N) is 1. The Morgan fingerprint density at radius 1 is 1.07 bits per heavy atom. The highest BCUT2D eigenvalue weighted by Crippen LogP contribution is 2.52. The number of rotatable bonds is 5. The number of carbonyl (C=O) groups is 1. The van der Waals surface area contributed by atoms with Gasteiger partial charge in [-0.3, -0.25) is 4.79 Å². The van der Waals surface area contributed by atoms with Gasteiger partial charge in [0.05, 0.1) is 4.90 Å². The molecule has 1 saturated carbocycles. The van der Waals surface area contributed by atoms with Crippen LogP contribution in [0.25, 0.3) is 0 Å². The van der Waals surface area contributed by atoms with Crippen LogP contribution in [0.1, 0.15) is 56.0 Å². The van der Waals surface area contributed by atoms with E-state index in [-0.39, 0.29) is 34.2 Å². The molecular formula is C24H30N2O3S. The largest absolute Gasteiger partial charge is 0.335 e. The monoisotopic (exact) mass is 426 g/mol. The van der Waals surface area contributed by atoms with Crippen LogP contribution in [0.15, 0.2) is 59.5 Å². The molecule has 30 heavy (non-hydrogen) atoms. The molecule has 2 aliphatic rings. The zero-order chi connectivity index (χ0) is 21.6. The third kappa shape index (κ3) is 4.30. The van der Waals surface area contributed by atoms with E-state index in [9.17, 15) is 13.2 Å². The van der Waals surface area contributed by atoms with Crippen LogP contribution in [0.5, 0.6) is 0 Å². The second-order valence-electron chi connectivity index (χ2n) is 9.98. The third-order valence-electron chi connectivity index (χ3n) is 6.38. The number of sulfonamides is 1. The predicted octanol–water partition coefficient (Wildman–Crippen LogP) is 4.21. The van der Waals surface area contributed by atoms with Crippen LogP contribution in [-0.2, 0) is 16.6 Å². The Hall–Kier alpha value is -2.18. The Morgan fingerprint density at radius 2 is 1.80 bits per heavy atom. The van der Waals surface area contributed by atoms with Gasteiger partial charge in [-0.1, -0.05) is 57.2 Å². The molecule has 0 spiro atoms. The second-order valence-corrected chi connectivity index (χ2v) is 11.8. The molecule has 1 aliphatic carbocycles. The van der Waals surface area contributed by atoms with Gasteiger partial charge in [-0.2, -0.15) is 0 Å². The van der Waals surface area contributed by atoms with Crippen LogP contribution in [-0.4, -0.2) is 31.8 Å². The van der Waals surface area contributed by atoms with Gasteiger partial charge in [-0.15, -0.1) is 0 Å². The van der Waals surface area contributed by atoms with Crippen molar-refractivity contribution in [3.63, 3.8) is 0 Å². The summed E-state index contributed by atoms with van der Waals surface area (Å²) in [6.07, 6.45) is 3.13. The number of fused-ring (bicyclic) bond motifs is 2. The van der Waals surface area contributed by atoms with E-state index in [1.807, 2.05) is 35.2 Å². The molecule has 2 bridgehead atoms. The minimum atomic E-state index is -3.71. The van der Waals surface area contributed by atoms with Crippen molar-refractivity contribution in [3.05, 3.63) is 65.7 Å². The van der Waals surface area contributed by atoms with E-state index < -0.39 is 10.0 Å². The summed E-state index contributed by atoms with van der Waals surface area (Å²) < 4.78 is 28.2. The average Bonchev–Trinajstić information content (AvgIpc) is 2.95. The van der Waals surface area contributed by atoms with Crippen molar-refractivity contribution in [2.24, 2.45) is 10.8 Å². The standard InChI is InChI=1S/C24H30N2O3S/c1-23(2)13-20-14-24(3,16-23)17-26(20)22(27)19-10-7-11-21(12-19)30(28,29)25-15-18-8-5-4-6-9-18/h4-12,20,25H,13-17H2,1-3H3/t20-,24-/m0/s1. The molecule has 0 aromatic heterocycles. The van der Waals surface area contributed by atoms with Gasteiger partial charge in [-0.25, -0.2) is 13.1 Å². The Labute approximate surface area is 179 Å². The minimum Gasteiger partial charge on any atom is -0.335 e. The normalized spacial score (nSPS) is 25.3. The number of hydrogen-bond acceptors (Lipinski definition) is 3. The summed E-state index contributed by atoms with van der Waals surface area (Å²) in [7, 11) is -3.71. The summed E-state index contributed by atoms with van der Waals surface area (Å²) in [6.45, 7) is 7.77. The molecule has 1 N–H and O–H groups in total. The van der Waals surface area contributed by atoms with Gasteiger partial charge in [0.15, 0.2) is 0 Å². The quantitative estimate of drug-likeness (QED) is 0.779. The van der Waals surface area contributed by atoms with Crippen LogP contribution < -0.4 is 4.72 Å². The number of amides is 1. The third-order valence-corrected chi connectivity index (χ3v) is 7.78. The molecule has 2 aromatic rings. The smallest absolute Gasteiger partial charge is 0.254 e. The lowest BCUT2D eigenvalue weighted by Crippen LogP contribution is -2.37. The van der Waals surface area contributed by atoms with Gasteiger partial charge in [0.2, 0.25) is 10.0 Å². The summed E-state index contributed by atoms with van der Waals surface area (Å²) in [5, 5.41) is 0. The average molecular weight is 427 g/mol. The molecule has 2 atom stereocenters. The molecule has 4 rings (SSSR count). The molecule has 0 radical (unpaired) electrons. The Balaban J connectivity index is 1.52. The predicted molar refractivity (Wildman–Crippen MR) is 117 cm³/mol. The topological polar surface area (TPSA) is 66.5 Å². The van der Waals surface area contributed by atoms with Gasteiger partial charge >= 0.3 is 0 Å². The lowest BCUT2D eigenvalue weighted by atomic mass is 9.65. The SMILES string of the molecule is CC1(C)C[C@H]2C[C@](C)(CN2C(=O)c2cccc(S(=O)(=O)NCc3ccccc3)c2)C1. The van der Waals surface area contributed by atoms with Crippen LogP contribution in [0.3, 0.4) is 0 Å². The number of likely N-dealkylation sites (tertiary alicyclic amines) is 1. The zero-order valence-electron chi connectivity index (χ0n) is 17.9. The molecule has 1 heterocycles. The lowest BCUT2D eigenvalue weighted by molar-refractivity contribution is 0.0708. The van der Waals surface area contributed by atoms with Crippen molar-refractivity contribution in [2.75, 3.05) is 6.54 Å². The van der Waals surface area contributed by atoms with E-state index in [2.05, 4.69) is 25.5 Å². The number of hydrogen-bond donors (Lipinski definition) is 1. The van der Waals surface area contributed by atoms with Crippen molar-refractivity contribution in [3.8, 4) is 0 Å². The summed E-state index contributed by atoms with van der Waals surface area (Å²) in [5.41, 5.74) is 1.68. The first-order chi connectivity index (χ1) is 14.1. The highest BCUT2D eigenvalue weighted by molar-refractivity contribution is 7.89. The Kier molecular flexibility index (Phi) is 5.27. The first kappa shape index (κ1) is 21.1. The molecule has 2 aromatic carbocycles. The number of benzene rings is 2. The summed E-state index contributed by atoms with van der Waals surface area (Å²) in [4.78, 5) is 15.4. The Morgan fingerprint density at radius 3 is 2.53 bits per heavy atom. The fourth-order valence-electron chi connectivity index (χ4n) is 5.52. The van der Waals surface area contributed by atoms with Gasteiger partial charge in [-0.05, 0) is 53.9 Å². The van der Waals surface area contributed by atoms with Crippen molar-refractivity contribution in [2.45, 2.75) is 57.5 Å². The molecule has 6 heteroatoms. The highest BCUT2D eigenvalue weighted by Gasteiger charge is 2.51. The summed E-state index contributed by atoms with van der Waals surface area (Å²) >= 11 is 0. The van der Waals surface area contributed by atoms with Gasteiger partial charge < -0.3 is 4.90 Å². The van der Waals surface area contributed by atoms with Gasteiger partial charge in [0, 0.05) is 24.7 Å². The van der Waals surface area contributed by atoms with Crippen molar-refractivity contribution < 1.29 is 13.2 Å². The number of nitrogens with zero attached hydrogens (tertiary/aromatic N) is 1. The molecular weight excluding hydrogens is 396 g/mol. The highest BCUT2D eigenvalue weighted by atomic mass is 32.2. The van der Waals surface area contributed by atoms with E-state index in [1.54, 1.807) is 12.1 Å². The molecule has 1 saturated heterocycles. The van der Waals surface area contributed by atoms with Crippen molar-refractivity contribution >= 4 is 15.9 Å². The van der Waals surface area contributed by atoms with Crippen LogP contribution in [0.4, 0.5) is 0 Å². The Bertz CT molecular complexity index is 1050. The molecule has 1 amide bonds. The van der Waals surface area contributed by atoms with Crippen LogP contribution in [0, 0.1) is 10.8 Å². The fraction of sp³-hybridized carbons (Fsp3) is 0.458. The molecule has 5 nitrogen and oxygen atoms in total. The van der Waals surface area contributed by atoms with Crippen molar-refractivity contribution in [1.82, 2.24) is 9.62 Å². The maximum atomic E-state index is 13.3. The van der Waals surface area contributed by atoms with Gasteiger partial charge in [0.25, 0.3) is 5.91 Å². The second kappa shape index (κ2) is 7.50. The molecule has 2 fully saturated rings. The zero-order valence-corrected chi connectivity index (χ0v) is 18.7. The first-order valence-corrected chi connectivity index (χ1v) is 12.0. The molecule has 0 unspecified atom stereocenters. The first-order valence-electron chi connectivity index (χ1n) is 10.5. The van der Waals surface area contributed by atoms with E-state index in [0.717, 1.165) is 31.4 Å². The van der Waals surface area contributed by atoms with Crippen LogP contribution >= 0.6 is 0 Å². The van der Waals surface area contributed by atoms with E-state index in [0.29, 0.717) is 5.56 Å². The maximum absolute atomic E-state index is 13.3. The minimum absolute atomic E-state index is 0.0680. The van der Waals surface area contributed by atoms with Crippen molar-refractivity contribution in [1.29, 1.82) is 0 Å². The van der Waals surface area contributed by atoms with E-state index >= 15 is 0 Å². The van der Waals surface area contributed by atoms with E-state index in [4.69, 9.17) is 0 Å². The lowest BCUT2D eigenvalue weighted by Gasteiger charge is -2.39. The fourth-order valence-corrected chi connectivity index (χ4v) is 6.58. The maximum Gasteiger partial charge on any atom is 0.254 e. The summed E-state index contributed by atoms with van der Waals surface area (Å²) in [5.74, 6) is -0.0680. The van der Waals surface area contributed by atoms with Gasteiger partial charge in [0.1, 0.15) is 0 Å². The molecule has 160 valence electrons. The molecule has 1 aliphatic heterocycles. The number of carbonyl (C=O) groups excluding carboxylic acids is 1. The van der Waals surface area contributed by atoms with Crippen LogP contribution in [0.2, 0.25) is 0 Å². The van der Waals surface area contributed by atoms with E-state index in [1.165, 1.54) is 12.1 Å².